The summed E-state index contributed by atoms with van der Waals surface area (Å²) in [6.07, 6.45) is 0.604. The van der Waals surface area contributed by atoms with Crippen molar-refractivity contribution in [3.8, 4) is 0 Å². The molecule has 0 aromatic heterocycles. The number of anilines is 2. The van der Waals surface area contributed by atoms with Gasteiger partial charge in [0, 0.05) is 29.0 Å². The number of hydrogen-bond acceptors (Lipinski definition) is 3. The third-order valence-corrected chi connectivity index (χ3v) is 2.80. The molecule has 0 aliphatic carbocycles. The van der Waals surface area contributed by atoms with Gasteiger partial charge in [0.05, 0.1) is 0 Å². The molecule has 14 heavy (non-hydrogen) atoms. The predicted octanol–water partition coefficient (Wildman–Crippen LogP) is 3.65. The SMILES string of the molecule is C.CC(=N)c1cc(N)ccc1NPI. The summed E-state index contributed by atoms with van der Waals surface area (Å²) in [5.41, 5.74) is 8.73. The fourth-order valence-electron chi connectivity index (χ4n) is 1.03. The number of hydrogen-bond donors (Lipinski definition) is 3. The zero-order valence-corrected chi connectivity index (χ0v) is 10.3. The van der Waals surface area contributed by atoms with E-state index in [1.165, 1.54) is 0 Å². The zero-order valence-electron chi connectivity index (χ0n) is 7.19. The van der Waals surface area contributed by atoms with Gasteiger partial charge in [0.25, 0.3) is 0 Å². The van der Waals surface area contributed by atoms with Crippen LogP contribution in [0.3, 0.4) is 0 Å². The molecule has 0 saturated heterocycles. The van der Waals surface area contributed by atoms with Crippen molar-refractivity contribution in [3.63, 3.8) is 0 Å². The number of nitrogens with two attached hydrogens (primary N) is 1. The highest BCUT2D eigenvalue weighted by molar-refractivity contribution is 14.2. The van der Waals surface area contributed by atoms with E-state index >= 15 is 0 Å². The molecule has 5 heteroatoms. The molecule has 1 atom stereocenters. The average molecular weight is 323 g/mol. The molecule has 0 bridgehead atoms. The van der Waals surface area contributed by atoms with Gasteiger partial charge in [0.2, 0.25) is 0 Å². The highest BCUT2D eigenvalue weighted by Crippen LogP contribution is 2.28. The summed E-state index contributed by atoms with van der Waals surface area (Å²) in [4.78, 5) is 0. The molecule has 4 N–H and O–H groups in total. The minimum Gasteiger partial charge on any atom is -0.399 e. The van der Waals surface area contributed by atoms with E-state index < -0.39 is 0 Å². The lowest BCUT2D eigenvalue weighted by Crippen LogP contribution is -1.99. The summed E-state index contributed by atoms with van der Waals surface area (Å²) >= 11 is 2.25. The number of nitrogen functional groups attached to an aromatic ring is 1. The Morgan fingerprint density at radius 3 is 2.71 bits per heavy atom. The molecule has 0 aliphatic rings. The van der Waals surface area contributed by atoms with Crippen molar-refractivity contribution in [2.75, 3.05) is 10.8 Å². The largest absolute Gasteiger partial charge is 0.399 e. The van der Waals surface area contributed by atoms with E-state index in [0.29, 0.717) is 17.8 Å². The van der Waals surface area contributed by atoms with Crippen molar-refractivity contribution in [2.45, 2.75) is 14.4 Å². The summed E-state index contributed by atoms with van der Waals surface area (Å²) in [6.45, 7) is 1.76. The van der Waals surface area contributed by atoms with E-state index in [1.54, 1.807) is 6.92 Å². The van der Waals surface area contributed by atoms with Crippen molar-refractivity contribution in [1.82, 2.24) is 0 Å². The average Bonchev–Trinajstić information content (AvgIpc) is 2.08. The van der Waals surface area contributed by atoms with Gasteiger partial charge in [-0.1, -0.05) is 7.43 Å². The van der Waals surface area contributed by atoms with Gasteiger partial charge >= 0.3 is 0 Å². The van der Waals surface area contributed by atoms with Crippen LogP contribution in [0.1, 0.15) is 19.9 Å². The second-order valence-corrected chi connectivity index (χ2v) is 4.71. The van der Waals surface area contributed by atoms with Crippen LogP contribution in [0.5, 0.6) is 0 Å². The molecule has 1 aromatic carbocycles. The summed E-state index contributed by atoms with van der Waals surface area (Å²) in [6, 6.07) is 5.57. The highest BCUT2D eigenvalue weighted by atomic mass is 127. The van der Waals surface area contributed by atoms with Gasteiger partial charge in [-0.3, -0.25) is 0 Å². The Morgan fingerprint density at radius 1 is 1.57 bits per heavy atom. The summed E-state index contributed by atoms with van der Waals surface area (Å²) < 4.78 is 0. The number of nitrogens with one attached hydrogen (secondary N) is 2. The van der Waals surface area contributed by atoms with Crippen LogP contribution in [0.4, 0.5) is 11.4 Å². The second kappa shape index (κ2) is 6.19. The maximum atomic E-state index is 7.56. The first-order valence-corrected chi connectivity index (χ1v) is 7.83. The van der Waals surface area contributed by atoms with E-state index in [9.17, 15) is 0 Å². The molecule has 0 radical (unpaired) electrons. The predicted molar refractivity (Wildman–Crippen MR) is 76.0 cm³/mol. The van der Waals surface area contributed by atoms with Gasteiger partial charge in [-0.2, -0.15) is 0 Å². The third-order valence-electron chi connectivity index (χ3n) is 1.63. The Hall–Kier alpha value is -0.350. The first-order chi connectivity index (χ1) is 6.15. The van der Waals surface area contributed by atoms with Crippen LogP contribution in [-0.4, -0.2) is 5.71 Å². The van der Waals surface area contributed by atoms with Crippen LogP contribution in [-0.2, 0) is 0 Å². The third kappa shape index (κ3) is 3.42. The normalized spacial score (nSPS) is 9.86. The molecule has 0 heterocycles. The van der Waals surface area contributed by atoms with Crippen molar-refractivity contribution in [3.05, 3.63) is 23.8 Å². The molecule has 0 fully saturated rings. The van der Waals surface area contributed by atoms with Gasteiger partial charge < -0.3 is 16.2 Å². The maximum Gasteiger partial charge on any atom is 0.0469 e. The zero-order chi connectivity index (χ0) is 9.84. The molecular weight excluding hydrogens is 308 g/mol. The maximum absolute atomic E-state index is 7.56. The molecule has 78 valence electrons. The fraction of sp³-hybridized carbons (Fsp3) is 0.222. The number of rotatable bonds is 3. The summed E-state index contributed by atoms with van der Waals surface area (Å²) in [5.74, 6) is 0. The lowest BCUT2D eigenvalue weighted by atomic mass is 10.1. The Morgan fingerprint density at radius 2 is 2.21 bits per heavy atom. The highest BCUT2D eigenvalue weighted by Gasteiger charge is 2.03. The van der Waals surface area contributed by atoms with Gasteiger partial charge in [-0.05, 0) is 47.2 Å². The van der Waals surface area contributed by atoms with E-state index in [1.807, 2.05) is 18.2 Å². The smallest absolute Gasteiger partial charge is 0.0469 e. The minimum absolute atomic E-state index is 0. The lowest BCUT2D eigenvalue weighted by Gasteiger charge is -2.09. The number of benzene rings is 1. The Balaban J connectivity index is 0.00000169. The molecule has 1 unspecified atom stereocenters. The van der Waals surface area contributed by atoms with Crippen LogP contribution >= 0.6 is 28.4 Å². The lowest BCUT2D eigenvalue weighted by molar-refractivity contribution is 1.45. The van der Waals surface area contributed by atoms with Crippen LogP contribution < -0.4 is 10.8 Å². The summed E-state index contributed by atoms with van der Waals surface area (Å²) in [5, 5.41) is 10.8. The number of halogens is 1. The molecule has 3 nitrogen and oxygen atoms in total. The molecule has 0 spiro atoms. The van der Waals surface area contributed by atoms with Crippen LogP contribution in [0.25, 0.3) is 0 Å². The standard InChI is InChI=1S/C8H11IN3P.CH4/c1-5(10)7-4-6(11)2-3-8(7)12-13-9;/h2-4,10,12-13H,11H2,1H3;1H4. The van der Waals surface area contributed by atoms with Crippen molar-refractivity contribution < 1.29 is 0 Å². The topological polar surface area (TPSA) is 61.9 Å². The van der Waals surface area contributed by atoms with Crippen LogP contribution in [0.15, 0.2) is 18.2 Å². The van der Waals surface area contributed by atoms with Gasteiger partial charge in [0.15, 0.2) is 0 Å². The molecule has 0 aliphatic heterocycles. The first kappa shape index (κ1) is 13.7. The van der Waals surface area contributed by atoms with Gasteiger partial charge in [0.1, 0.15) is 0 Å². The molecule has 1 aromatic rings. The Labute approximate surface area is 99.7 Å². The molecule has 1 rings (SSSR count). The monoisotopic (exact) mass is 323 g/mol. The Kier molecular flexibility index (Phi) is 6.04. The van der Waals surface area contributed by atoms with E-state index in [4.69, 9.17) is 11.1 Å². The van der Waals surface area contributed by atoms with Gasteiger partial charge in [-0.25, -0.2) is 0 Å². The first-order valence-electron chi connectivity index (χ1n) is 3.72. The van der Waals surface area contributed by atoms with Crippen LogP contribution in [0, 0.1) is 5.41 Å². The minimum atomic E-state index is 0. The van der Waals surface area contributed by atoms with Gasteiger partial charge in [-0.15, -0.1) is 0 Å². The second-order valence-electron chi connectivity index (χ2n) is 2.65. The molecular formula is C9H15IN3P. The van der Waals surface area contributed by atoms with Crippen molar-refractivity contribution in [2.24, 2.45) is 0 Å². The van der Waals surface area contributed by atoms with E-state index in [0.717, 1.165) is 11.3 Å². The van der Waals surface area contributed by atoms with Crippen molar-refractivity contribution >= 4 is 45.5 Å². The quantitative estimate of drug-likeness (QED) is 0.344. The Bertz CT molecular complexity index is 328. The van der Waals surface area contributed by atoms with E-state index in [2.05, 4.69) is 27.1 Å². The fourth-order valence-corrected chi connectivity index (χ4v) is 2.22. The molecule has 0 saturated carbocycles. The van der Waals surface area contributed by atoms with Crippen molar-refractivity contribution in [1.29, 1.82) is 5.41 Å². The molecule has 0 amide bonds. The van der Waals surface area contributed by atoms with Crippen LogP contribution in [0.2, 0.25) is 0 Å². The van der Waals surface area contributed by atoms with E-state index in [-0.39, 0.29) is 7.43 Å². The summed E-state index contributed by atoms with van der Waals surface area (Å²) in [7, 11) is 0.